The molecule has 0 bridgehead atoms. The Bertz CT molecular complexity index is 156. The smallest absolute Gasteiger partial charge is 0.404 e. The summed E-state index contributed by atoms with van der Waals surface area (Å²) >= 11 is 0. The Morgan fingerprint density at radius 3 is 2.75 bits per heavy atom. The van der Waals surface area contributed by atoms with E-state index in [1.807, 2.05) is 0 Å². The van der Waals surface area contributed by atoms with E-state index in [1.165, 1.54) is 0 Å². The van der Waals surface area contributed by atoms with E-state index in [0.717, 1.165) is 19.3 Å². The zero-order valence-corrected chi connectivity index (χ0v) is 6.99. The van der Waals surface area contributed by atoms with Crippen LogP contribution in [0.1, 0.15) is 25.7 Å². The van der Waals surface area contributed by atoms with Gasteiger partial charge in [0.05, 0.1) is 6.10 Å². The fourth-order valence-electron chi connectivity index (χ4n) is 1.22. The van der Waals surface area contributed by atoms with Crippen LogP contribution in [-0.2, 0) is 0 Å². The SMILES string of the molecule is O=C(O)NCCCC(O)C1CC1. The van der Waals surface area contributed by atoms with Gasteiger partial charge < -0.3 is 15.5 Å². The number of amides is 1. The summed E-state index contributed by atoms with van der Waals surface area (Å²) in [5.74, 6) is 0.495. The molecule has 0 aliphatic heterocycles. The first kappa shape index (κ1) is 9.32. The molecule has 0 saturated heterocycles. The minimum atomic E-state index is -0.990. The predicted molar refractivity (Wildman–Crippen MR) is 44.0 cm³/mol. The molecule has 0 aromatic rings. The maximum Gasteiger partial charge on any atom is 0.404 e. The van der Waals surface area contributed by atoms with E-state index < -0.39 is 6.09 Å². The zero-order chi connectivity index (χ0) is 8.97. The van der Waals surface area contributed by atoms with E-state index in [4.69, 9.17) is 5.11 Å². The third kappa shape index (κ3) is 3.57. The average molecular weight is 173 g/mol. The van der Waals surface area contributed by atoms with Crippen molar-refractivity contribution in [3.8, 4) is 0 Å². The second-order valence-corrected chi connectivity index (χ2v) is 3.28. The Kier molecular flexibility index (Phi) is 3.34. The van der Waals surface area contributed by atoms with Crippen LogP contribution >= 0.6 is 0 Å². The molecule has 0 heterocycles. The number of rotatable bonds is 5. The fourth-order valence-corrected chi connectivity index (χ4v) is 1.22. The quantitative estimate of drug-likeness (QED) is 0.539. The zero-order valence-electron chi connectivity index (χ0n) is 6.99. The van der Waals surface area contributed by atoms with Gasteiger partial charge in [0.2, 0.25) is 0 Å². The number of carbonyl (C=O) groups is 1. The molecule has 1 rings (SSSR count). The van der Waals surface area contributed by atoms with Gasteiger partial charge in [-0.25, -0.2) is 4.79 Å². The van der Waals surface area contributed by atoms with Gasteiger partial charge in [0.25, 0.3) is 0 Å². The van der Waals surface area contributed by atoms with Gasteiger partial charge >= 0.3 is 6.09 Å². The fraction of sp³-hybridized carbons (Fsp3) is 0.875. The monoisotopic (exact) mass is 173 g/mol. The van der Waals surface area contributed by atoms with Crippen LogP contribution in [-0.4, -0.2) is 29.0 Å². The van der Waals surface area contributed by atoms with Gasteiger partial charge in [-0.3, -0.25) is 0 Å². The molecule has 70 valence electrons. The molecule has 1 atom stereocenters. The largest absolute Gasteiger partial charge is 0.465 e. The summed E-state index contributed by atoms with van der Waals surface area (Å²) in [7, 11) is 0. The lowest BCUT2D eigenvalue weighted by Crippen LogP contribution is -2.23. The molecule has 4 heteroatoms. The summed E-state index contributed by atoms with van der Waals surface area (Å²) in [5.41, 5.74) is 0. The summed E-state index contributed by atoms with van der Waals surface area (Å²) in [6.07, 6.45) is 2.51. The Hall–Kier alpha value is -0.770. The number of hydrogen-bond donors (Lipinski definition) is 3. The minimum Gasteiger partial charge on any atom is -0.465 e. The van der Waals surface area contributed by atoms with Gasteiger partial charge in [-0.15, -0.1) is 0 Å². The Labute approximate surface area is 71.6 Å². The van der Waals surface area contributed by atoms with Gasteiger partial charge in [0.15, 0.2) is 0 Å². The Balaban J connectivity index is 1.90. The number of hydrogen-bond acceptors (Lipinski definition) is 2. The van der Waals surface area contributed by atoms with Crippen LogP contribution in [0.25, 0.3) is 0 Å². The summed E-state index contributed by atoms with van der Waals surface area (Å²) in [4.78, 5) is 10.0. The highest BCUT2D eigenvalue weighted by Crippen LogP contribution is 2.34. The third-order valence-electron chi connectivity index (χ3n) is 2.12. The third-order valence-corrected chi connectivity index (χ3v) is 2.12. The highest BCUT2D eigenvalue weighted by molar-refractivity contribution is 5.64. The molecule has 0 aromatic heterocycles. The standard InChI is InChI=1S/C8H15NO3/c10-7(6-3-4-6)2-1-5-9-8(11)12/h6-7,9-10H,1-5H2,(H,11,12). The highest BCUT2D eigenvalue weighted by Gasteiger charge is 2.28. The normalized spacial score (nSPS) is 18.8. The first-order valence-electron chi connectivity index (χ1n) is 4.35. The molecule has 1 saturated carbocycles. The molecule has 1 aliphatic rings. The maximum atomic E-state index is 10.0. The molecular formula is C8H15NO3. The molecular weight excluding hydrogens is 158 g/mol. The van der Waals surface area contributed by atoms with Crippen LogP contribution in [0.5, 0.6) is 0 Å². The van der Waals surface area contributed by atoms with Crippen molar-refractivity contribution in [1.82, 2.24) is 5.32 Å². The molecule has 4 nitrogen and oxygen atoms in total. The summed E-state index contributed by atoms with van der Waals surface area (Å²) in [6.45, 7) is 0.444. The molecule has 1 fully saturated rings. The number of aliphatic hydroxyl groups excluding tert-OH is 1. The molecule has 3 N–H and O–H groups in total. The molecule has 12 heavy (non-hydrogen) atoms. The predicted octanol–water partition coefficient (Wildman–Crippen LogP) is 0.805. The summed E-state index contributed by atoms with van der Waals surface area (Å²) in [5, 5.41) is 19.9. The van der Waals surface area contributed by atoms with Crippen LogP contribution in [0.15, 0.2) is 0 Å². The molecule has 1 amide bonds. The second-order valence-electron chi connectivity index (χ2n) is 3.28. The lowest BCUT2D eigenvalue weighted by atomic mass is 10.1. The highest BCUT2D eigenvalue weighted by atomic mass is 16.4. The number of nitrogens with one attached hydrogen (secondary N) is 1. The molecule has 0 spiro atoms. The van der Waals surface area contributed by atoms with Gasteiger partial charge in [-0.1, -0.05) is 0 Å². The topological polar surface area (TPSA) is 69.6 Å². The van der Waals surface area contributed by atoms with Crippen LogP contribution in [0, 0.1) is 5.92 Å². The van der Waals surface area contributed by atoms with E-state index in [2.05, 4.69) is 5.32 Å². The summed E-state index contributed by atoms with van der Waals surface area (Å²) < 4.78 is 0. The van der Waals surface area contributed by atoms with Gasteiger partial charge in [-0.2, -0.15) is 0 Å². The maximum absolute atomic E-state index is 10.0. The van der Waals surface area contributed by atoms with E-state index in [9.17, 15) is 9.90 Å². The van der Waals surface area contributed by atoms with Gasteiger partial charge in [0, 0.05) is 6.54 Å². The lowest BCUT2D eigenvalue weighted by molar-refractivity contribution is 0.138. The van der Waals surface area contributed by atoms with E-state index in [-0.39, 0.29) is 6.10 Å². The van der Waals surface area contributed by atoms with Crippen molar-refractivity contribution in [2.24, 2.45) is 5.92 Å². The van der Waals surface area contributed by atoms with Gasteiger partial charge in [-0.05, 0) is 31.6 Å². The summed E-state index contributed by atoms with van der Waals surface area (Å²) in [6, 6.07) is 0. The lowest BCUT2D eigenvalue weighted by Gasteiger charge is -2.07. The van der Waals surface area contributed by atoms with E-state index in [1.54, 1.807) is 0 Å². The van der Waals surface area contributed by atoms with Crippen molar-refractivity contribution in [3.05, 3.63) is 0 Å². The van der Waals surface area contributed by atoms with Crippen LogP contribution in [0.3, 0.4) is 0 Å². The average Bonchev–Trinajstić information content (AvgIpc) is 2.79. The molecule has 1 unspecified atom stereocenters. The molecule has 0 radical (unpaired) electrons. The second kappa shape index (κ2) is 4.30. The van der Waals surface area contributed by atoms with Crippen molar-refractivity contribution in [2.75, 3.05) is 6.54 Å². The van der Waals surface area contributed by atoms with Crippen molar-refractivity contribution in [1.29, 1.82) is 0 Å². The van der Waals surface area contributed by atoms with Crippen molar-refractivity contribution >= 4 is 6.09 Å². The number of carboxylic acid groups (broad SMARTS) is 1. The molecule has 1 aliphatic carbocycles. The van der Waals surface area contributed by atoms with Crippen molar-refractivity contribution in [3.63, 3.8) is 0 Å². The van der Waals surface area contributed by atoms with Gasteiger partial charge in [0.1, 0.15) is 0 Å². The van der Waals surface area contributed by atoms with Crippen LogP contribution in [0.4, 0.5) is 4.79 Å². The van der Waals surface area contributed by atoms with E-state index >= 15 is 0 Å². The number of aliphatic hydroxyl groups is 1. The van der Waals surface area contributed by atoms with E-state index in [0.29, 0.717) is 18.9 Å². The Morgan fingerprint density at radius 2 is 2.25 bits per heavy atom. The Morgan fingerprint density at radius 1 is 1.58 bits per heavy atom. The minimum absolute atomic E-state index is 0.208. The first-order valence-corrected chi connectivity index (χ1v) is 4.35. The van der Waals surface area contributed by atoms with Crippen LogP contribution in [0.2, 0.25) is 0 Å². The van der Waals surface area contributed by atoms with Crippen molar-refractivity contribution < 1.29 is 15.0 Å². The van der Waals surface area contributed by atoms with Crippen molar-refractivity contribution in [2.45, 2.75) is 31.8 Å². The molecule has 0 aromatic carbocycles. The first-order chi connectivity index (χ1) is 5.70. The van der Waals surface area contributed by atoms with Crippen LogP contribution < -0.4 is 5.32 Å².